The Bertz CT molecular complexity index is 664. The molecule has 0 aliphatic rings. The van der Waals surface area contributed by atoms with Crippen LogP contribution >= 0.6 is 0 Å². The molecule has 0 unspecified atom stereocenters. The van der Waals surface area contributed by atoms with Crippen molar-refractivity contribution in [2.75, 3.05) is 7.11 Å². The summed E-state index contributed by atoms with van der Waals surface area (Å²) in [6.07, 6.45) is 1.31. The van der Waals surface area contributed by atoms with E-state index >= 15 is 0 Å². The standard InChI is InChI=1S/C13H13N3O3/c1-19-10-4-2-3-9(5-10)7-16-8-15-11(13(14)18)6-12(16)17/h2-6,8H,7H2,1H3,(H2,14,18). The molecule has 6 nitrogen and oxygen atoms in total. The number of nitrogens with zero attached hydrogens (tertiary/aromatic N) is 2. The van der Waals surface area contributed by atoms with E-state index < -0.39 is 5.91 Å². The average Bonchev–Trinajstić information content (AvgIpc) is 2.41. The lowest BCUT2D eigenvalue weighted by Crippen LogP contribution is -2.24. The molecule has 0 atom stereocenters. The first-order chi connectivity index (χ1) is 9.10. The Morgan fingerprint density at radius 2 is 2.21 bits per heavy atom. The molecule has 2 N–H and O–H groups in total. The molecule has 1 aromatic heterocycles. The summed E-state index contributed by atoms with van der Waals surface area (Å²) in [6, 6.07) is 8.49. The van der Waals surface area contributed by atoms with Crippen molar-refractivity contribution >= 4 is 5.91 Å². The van der Waals surface area contributed by atoms with Crippen LogP contribution in [0.15, 0.2) is 41.5 Å². The minimum Gasteiger partial charge on any atom is -0.497 e. The maximum absolute atomic E-state index is 11.8. The molecule has 1 heterocycles. The first kappa shape index (κ1) is 12.8. The number of nitrogens with two attached hydrogens (primary N) is 1. The van der Waals surface area contributed by atoms with Crippen LogP contribution in [-0.2, 0) is 6.54 Å². The van der Waals surface area contributed by atoms with Crippen LogP contribution in [0.4, 0.5) is 0 Å². The number of benzene rings is 1. The van der Waals surface area contributed by atoms with Gasteiger partial charge < -0.3 is 10.5 Å². The summed E-state index contributed by atoms with van der Waals surface area (Å²) in [6.45, 7) is 0.349. The molecular weight excluding hydrogens is 246 g/mol. The third kappa shape index (κ3) is 2.98. The summed E-state index contributed by atoms with van der Waals surface area (Å²) >= 11 is 0. The number of ether oxygens (including phenoxy) is 1. The second-order valence-corrected chi connectivity index (χ2v) is 3.96. The van der Waals surface area contributed by atoms with E-state index in [1.807, 2.05) is 24.3 Å². The van der Waals surface area contributed by atoms with Gasteiger partial charge in [0.15, 0.2) is 0 Å². The van der Waals surface area contributed by atoms with Crippen molar-refractivity contribution < 1.29 is 9.53 Å². The SMILES string of the molecule is COc1cccc(Cn2cnc(C(N)=O)cc2=O)c1. The number of amides is 1. The van der Waals surface area contributed by atoms with Crippen LogP contribution in [0.2, 0.25) is 0 Å². The van der Waals surface area contributed by atoms with Crippen molar-refractivity contribution in [3.63, 3.8) is 0 Å². The maximum Gasteiger partial charge on any atom is 0.267 e. The molecule has 2 aromatic rings. The number of methoxy groups -OCH3 is 1. The van der Waals surface area contributed by atoms with Crippen LogP contribution in [0.5, 0.6) is 5.75 Å². The van der Waals surface area contributed by atoms with Crippen LogP contribution in [0, 0.1) is 0 Å². The molecule has 19 heavy (non-hydrogen) atoms. The van der Waals surface area contributed by atoms with Gasteiger partial charge in [-0.15, -0.1) is 0 Å². The highest BCUT2D eigenvalue weighted by Crippen LogP contribution is 2.12. The summed E-state index contributed by atoms with van der Waals surface area (Å²) < 4.78 is 6.50. The normalized spacial score (nSPS) is 10.2. The molecule has 6 heteroatoms. The zero-order chi connectivity index (χ0) is 13.8. The van der Waals surface area contributed by atoms with Gasteiger partial charge in [0.05, 0.1) is 20.0 Å². The first-order valence-electron chi connectivity index (χ1n) is 5.59. The van der Waals surface area contributed by atoms with Crippen LogP contribution in [-0.4, -0.2) is 22.6 Å². The number of hydrogen-bond donors (Lipinski definition) is 1. The topological polar surface area (TPSA) is 87.2 Å². The van der Waals surface area contributed by atoms with Crippen molar-refractivity contribution in [3.8, 4) is 5.75 Å². The van der Waals surface area contributed by atoms with Gasteiger partial charge in [-0.25, -0.2) is 4.98 Å². The fraction of sp³-hybridized carbons (Fsp3) is 0.154. The van der Waals surface area contributed by atoms with Gasteiger partial charge >= 0.3 is 0 Å². The monoisotopic (exact) mass is 259 g/mol. The number of hydrogen-bond acceptors (Lipinski definition) is 4. The lowest BCUT2D eigenvalue weighted by Gasteiger charge is -2.07. The van der Waals surface area contributed by atoms with E-state index in [2.05, 4.69) is 4.98 Å². The highest BCUT2D eigenvalue weighted by Gasteiger charge is 2.05. The third-order valence-corrected chi connectivity index (χ3v) is 2.62. The molecule has 0 saturated heterocycles. The van der Waals surface area contributed by atoms with E-state index in [-0.39, 0.29) is 11.3 Å². The number of carbonyl (C=O) groups is 1. The second-order valence-electron chi connectivity index (χ2n) is 3.96. The van der Waals surface area contributed by atoms with Gasteiger partial charge in [0.2, 0.25) is 0 Å². The second kappa shape index (κ2) is 5.34. The van der Waals surface area contributed by atoms with E-state index in [0.29, 0.717) is 12.3 Å². The summed E-state index contributed by atoms with van der Waals surface area (Å²) in [5.41, 5.74) is 5.59. The highest BCUT2D eigenvalue weighted by molar-refractivity contribution is 5.90. The van der Waals surface area contributed by atoms with Gasteiger partial charge in [-0.2, -0.15) is 0 Å². The minimum absolute atomic E-state index is 0.0353. The van der Waals surface area contributed by atoms with Crippen molar-refractivity contribution in [1.82, 2.24) is 9.55 Å². The van der Waals surface area contributed by atoms with Crippen LogP contribution in [0.1, 0.15) is 16.1 Å². The number of primary amides is 1. The Labute approximate surface area is 109 Å². The minimum atomic E-state index is -0.717. The van der Waals surface area contributed by atoms with Crippen LogP contribution in [0.3, 0.4) is 0 Å². The van der Waals surface area contributed by atoms with Gasteiger partial charge in [-0.05, 0) is 17.7 Å². The third-order valence-electron chi connectivity index (χ3n) is 2.62. The van der Waals surface area contributed by atoms with Crippen molar-refractivity contribution in [3.05, 3.63) is 58.3 Å². The van der Waals surface area contributed by atoms with Crippen molar-refractivity contribution in [1.29, 1.82) is 0 Å². The fourth-order valence-electron chi connectivity index (χ4n) is 1.65. The quantitative estimate of drug-likeness (QED) is 0.860. The molecule has 0 saturated carbocycles. The van der Waals surface area contributed by atoms with Crippen LogP contribution in [0.25, 0.3) is 0 Å². The van der Waals surface area contributed by atoms with Crippen molar-refractivity contribution in [2.24, 2.45) is 5.73 Å². The predicted octanol–water partition coefficient (Wildman–Crippen LogP) is 0.399. The summed E-state index contributed by atoms with van der Waals surface area (Å²) in [4.78, 5) is 26.5. The van der Waals surface area contributed by atoms with E-state index in [4.69, 9.17) is 10.5 Å². The Morgan fingerprint density at radius 1 is 1.42 bits per heavy atom. The first-order valence-corrected chi connectivity index (χ1v) is 5.59. The smallest absolute Gasteiger partial charge is 0.267 e. The Hall–Kier alpha value is -2.63. The Balaban J connectivity index is 2.28. The molecule has 1 aromatic carbocycles. The van der Waals surface area contributed by atoms with E-state index in [1.165, 1.54) is 10.9 Å². The molecule has 0 aliphatic heterocycles. The zero-order valence-corrected chi connectivity index (χ0v) is 10.4. The zero-order valence-electron chi connectivity index (χ0n) is 10.4. The lowest BCUT2D eigenvalue weighted by atomic mass is 10.2. The van der Waals surface area contributed by atoms with Gasteiger partial charge in [-0.3, -0.25) is 14.2 Å². The molecule has 98 valence electrons. The molecule has 0 bridgehead atoms. The molecule has 0 spiro atoms. The molecule has 1 amide bonds. The molecule has 0 radical (unpaired) electrons. The summed E-state index contributed by atoms with van der Waals surface area (Å²) in [7, 11) is 1.58. The van der Waals surface area contributed by atoms with Gasteiger partial charge in [-0.1, -0.05) is 12.1 Å². The van der Waals surface area contributed by atoms with Crippen molar-refractivity contribution in [2.45, 2.75) is 6.54 Å². The predicted molar refractivity (Wildman–Crippen MR) is 69.1 cm³/mol. The summed E-state index contributed by atoms with van der Waals surface area (Å²) in [5, 5.41) is 0. The van der Waals surface area contributed by atoms with E-state index in [9.17, 15) is 9.59 Å². The number of carbonyl (C=O) groups excluding carboxylic acids is 1. The van der Waals surface area contributed by atoms with E-state index in [1.54, 1.807) is 7.11 Å². The number of rotatable bonds is 4. The van der Waals surface area contributed by atoms with Gasteiger partial charge in [0.25, 0.3) is 11.5 Å². The average molecular weight is 259 g/mol. The molecule has 2 rings (SSSR count). The molecule has 0 fully saturated rings. The Morgan fingerprint density at radius 3 is 2.84 bits per heavy atom. The van der Waals surface area contributed by atoms with Crippen LogP contribution < -0.4 is 16.0 Å². The molecule has 0 aliphatic carbocycles. The largest absolute Gasteiger partial charge is 0.497 e. The van der Waals surface area contributed by atoms with E-state index in [0.717, 1.165) is 11.6 Å². The number of aromatic nitrogens is 2. The molecular formula is C13H13N3O3. The fourth-order valence-corrected chi connectivity index (χ4v) is 1.65. The maximum atomic E-state index is 11.8. The van der Waals surface area contributed by atoms with Gasteiger partial charge in [0, 0.05) is 6.07 Å². The van der Waals surface area contributed by atoms with Gasteiger partial charge in [0.1, 0.15) is 11.4 Å². The summed E-state index contributed by atoms with van der Waals surface area (Å²) in [5.74, 6) is -0.00195. The lowest BCUT2D eigenvalue weighted by molar-refractivity contribution is 0.0995. The highest BCUT2D eigenvalue weighted by atomic mass is 16.5. The Kier molecular flexibility index (Phi) is 3.61.